The second-order valence-electron chi connectivity index (χ2n) is 45.8. The number of nitrogens with zero attached hydrogens (tertiary/aromatic N) is 10. The number of aromatic nitrogens is 5. The first-order valence-corrected chi connectivity index (χ1v) is 55.3. The number of rotatable bonds is 30. The third kappa shape index (κ3) is 23.9. The molecular weight excluding hydrogens is 1760 g/mol. The summed E-state index contributed by atoms with van der Waals surface area (Å²) in [6.45, 7) is 46.7. The van der Waals surface area contributed by atoms with E-state index in [0.29, 0.717) is 30.4 Å². The number of nitrogens with one attached hydrogen (secondary N) is 4. The number of benzene rings is 6. The number of ether oxygens (including phenoxy) is 6. The molecule has 4 aliphatic carbocycles. The van der Waals surface area contributed by atoms with E-state index < -0.39 is 0 Å². The Bertz CT molecular complexity index is 6230. The molecule has 0 amide bonds. The normalized spacial score (nSPS) is 19.8. The van der Waals surface area contributed by atoms with Crippen LogP contribution < -0.4 is 49.7 Å². The first-order valence-electron chi connectivity index (χ1n) is 55.3. The average Bonchev–Trinajstić information content (AvgIpc) is 1.58. The van der Waals surface area contributed by atoms with E-state index in [1.54, 1.807) is 7.11 Å². The number of aryl methyl sites for hydroxylation is 5. The highest BCUT2D eigenvalue weighted by Gasteiger charge is 2.40. The van der Waals surface area contributed by atoms with Gasteiger partial charge in [0.1, 0.15) is 23.0 Å². The lowest BCUT2D eigenvalue weighted by Crippen LogP contribution is -2.27. The minimum absolute atomic E-state index is 0. The molecule has 3 saturated carbocycles. The van der Waals surface area contributed by atoms with Crippen LogP contribution >= 0.6 is 0 Å². The van der Waals surface area contributed by atoms with Crippen molar-refractivity contribution in [3.63, 3.8) is 0 Å². The predicted octanol–water partition coefficient (Wildman–Crippen LogP) is 25.9. The Morgan fingerprint density at radius 1 is 0.338 bits per heavy atom. The van der Waals surface area contributed by atoms with Gasteiger partial charge in [0.05, 0.1) is 73.4 Å². The Labute approximate surface area is 848 Å². The van der Waals surface area contributed by atoms with E-state index in [2.05, 4.69) is 218 Å². The van der Waals surface area contributed by atoms with Crippen molar-refractivity contribution >= 4 is 77.3 Å². The van der Waals surface area contributed by atoms with E-state index in [-0.39, 0.29) is 24.0 Å². The number of methoxy groups -OCH3 is 1. The fourth-order valence-electron chi connectivity index (χ4n) is 24.7. The molecule has 1 unspecified atom stereocenters. The third-order valence-corrected chi connectivity index (χ3v) is 32.4. The monoisotopic (exact) mass is 1920 g/mol. The van der Waals surface area contributed by atoms with Gasteiger partial charge in [0.15, 0.2) is 11.5 Å². The highest BCUT2D eigenvalue weighted by molar-refractivity contribution is 6.00. The van der Waals surface area contributed by atoms with Crippen LogP contribution in [0.1, 0.15) is 307 Å². The zero-order chi connectivity index (χ0) is 96.9. The maximum absolute atomic E-state index is 6.21. The Hall–Kier alpha value is -9.83. The van der Waals surface area contributed by atoms with Gasteiger partial charge in [0.2, 0.25) is 0 Å². The van der Waals surface area contributed by atoms with Crippen LogP contribution in [0.25, 0.3) is 65.8 Å². The number of hydrogen-bond acceptors (Lipinski definition) is 20. The summed E-state index contributed by atoms with van der Waals surface area (Å²) < 4.78 is 36.6. The summed E-state index contributed by atoms with van der Waals surface area (Å²) in [5.74, 6) is 7.53. The zero-order valence-electron chi connectivity index (χ0n) is 87.5. The lowest BCUT2D eigenvalue weighted by Gasteiger charge is -2.28. The molecule has 0 bridgehead atoms. The van der Waals surface area contributed by atoms with Crippen LogP contribution in [-0.2, 0) is 38.5 Å². The molecule has 0 radical (unpaired) electrons. The molecule has 6 aromatic carbocycles. The van der Waals surface area contributed by atoms with Gasteiger partial charge in [-0.25, -0.2) is 4.98 Å². The Balaban J connectivity index is 0.000000113. The molecule has 9 aliphatic heterocycles. The number of hydrogen-bond donors (Lipinski definition) is 4. The average molecular weight is 1920 g/mol. The highest BCUT2D eigenvalue weighted by atomic mass is 16.5. The largest absolute Gasteiger partial charge is 0.493 e. The minimum Gasteiger partial charge on any atom is -0.493 e. The van der Waals surface area contributed by atoms with E-state index in [9.17, 15) is 0 Å². The van der Waals surface area contributed by atoms with Crippen LogP contribution in [0.3, 0.4) is 0 Å². The quantitative estimate of drug-likeness (QED) is 0.0311. The maximum atomic E-state index is 6.21. The maximum Gasteiger partial charge on any atom is 0.163 e. The van der Waals surface area contributed by atoms with Crippen molar-refractivity contribution in [1.82, 2.24) is 49.4 Å². The Kier molecular flexibility index (Phi) is 32.0. The van der Waals surface area contributed by atoms with Crippen LogP contribution in [0, 0.1) is 27.7 Å². The number of pyridine rings is 5. The van der Waals surface area contributed by atoms with Gasteiger partial charge in [-0.2, -0.15) is 0 Å². The summed E-state index contributed by atoms with van der Waals surface area (Å²) >= 11 is 0. The number of fused-ring (bicyclic) bond motifs is 15. The first kappa shape index (κ1) is 101. The van der Waals surface area contributed by atoms with Crippen LogP contribution in [0.4, 0.5) is 22.7 Å². The topological polar surface area (TPSA) is 184 Å². The molecule has 8 fully saturated rings. The fourth-order valence-corrected chi connectivity index (χ4v) is 24.7. The van der Waals surface area contributed by atoms with Crippen molar-refractivity contribution < 1.29 is 28.4 Å². The van der Waals surface area contributed by atoms with Crippen LogP contribution in [0.2, 0.25) is 0 Å². The molecular formula is C122H166N14O6. The first-order chi connectivity index (χ1) is 68.5. The molecule has 24 rings (SSSR count). The summed E-state index contributed by atoms with van der Waals surface area (Å²) in [6.07, 6.45) is 40.3. The molecule has 20 nitrogen and oxygen atoms in total. The van der Waals surface area contributed by atoms with Crippen molar-refractivity contribution in [2.45, 2.75) is 323 Å². The van der Waals surface area contributed by atoms with Crippen molar-refractivity contribution in [1.29, 1.82) is 0 Å². The second-order valence-corrected chi connectivity index (χ2v) is 45.8. The standard InChI is InChI=1S/C26H37N3O2.C26H30N2O.2C24H33N3O.C21H29N3O.CH4/c1-26(2)17-20-24(18-9-4-5-10-18)27-21-16-23(22(30-3)15-19(21)25(20)28-26)31-14-8-13-29-11-6-7-12-29;1-19-17-23-21-11-7-12-22(21)26(20-9-3-2-4-10-20)27-24(23)18-25(19)29-16-8-15-28-13-5-6-14-28;1-16-13-18-20(14-21(16)28-12-6-11-27-9-4-5-10-27)25-22(17-7-8-17)19-15-24(2,3)26-23(18)19;1-16-14-20-21(15-22(16)28-13-5-12-27-10-3-4-11-27)26-23(18-7-8-18)19-9-6-17(2)25-24(19)20;1-15-11-17-18(22-14-16-13-21(2,3)23-20(16)17)12-19(15)25-10-6-9-24-7-4-5-8-24;/h15-16,18,28H,4-14,17H2,1-3H3;2-4,9-10,17-18H,5-8,11-16H2,1H3;13-14,17,26H,4-12,15H2,1-3H3;14-15,17-18,25H,3-13H2,1-2H3;11-12,14,23H,4-10,13H2,1-3H3;1H4. The number of anilines is 4. The van der Waals surface area contributed by atoms with E-state index in [0.717, 1.165) is 203 Å². The van der Waals surface area contributed by atoms with E-state index in [4.69, 9.17) is 48.4 Å². The molecule has 14 heterocycles. The van der Waals surface area contributed by atoms with Crippen molar-refractivity contribution in [3.8, 4) is 45.8 Å². The third-order valence-electron chi connectivity index (χ3n) is 32.4. The fraction of sp³-hybridized carbons (Fsp3) is 0.582. The van der Waals surface area contributed by atoms with Gasteiger partial charge in [-0.1, -0.05) is 50.6 Å². The summed E-state index contributed by atoms with van der Waals surface area (Å²) in [5.41, 5.74) is 30.6. The van der Waals surface area contributed by atoms with E-state index in [1.165, 1.54) is 316 Å². The van der Waals surface area contributed by atoms with E-state index >= 15 is 0 Å². The van der Waals surface area contributed by atoms with Crippen molar-refractivity contribution in [3.05, 3.63) is 170 Å². The molecule has 0 spiro atoms. The van der Waals surface area contributed by atoms with Gasteiger partial charge in [-0.3, -0.25) is 19.9 Å². The molecule has 11 aromatic rings. The molecule has 13 aliphatic rings. The molecule has 20 heteroatoms. The lowest BCUT2D eigenvalue weighted by atomic mass is 9.92. The highest BCUT2D eigenvalue weighted by Crippen LogP contribution is 2.52. The Morgan fingerprint density at radius 3 is 1.13 bits per heavy atom. The minimum atomic E-state index is 0. The molecule has 760 valence electrons. The lowest BCUT2D eigenvalue weighted by molar-refractivity contribution is 0.254. The van der Waals surface area contributed by atoms with Gasteiger partial charge < -0.3 is 74.2 Å². The van der Waals surface area contributed by atoms with Crippen LogP contribution in [0.5, 0.6) is 34.5 Å². The second kappa shape index (κ2) is 45.0. The van der Waals surface area contributed by atoms with E-state index in [1.807, 2.05) is 6.20 Å². The molecule has 1 atom stereocenters. The predicted molar refractivity (Wildman–Crippen MR) is 588 cm³/mol. The zero-order valence-corrected chi connectivity index (χ0v) is 87.5. The Morgan fingerprint density at radius 2 is 0.697 bits per heavy atom. The molecule has 4 N–H and O–H groups in total. The summed E-state index contributed by atoms with van der Waals surface area (Å²) in [6, 6.07) is 33.1. The SMILES string of the molecule is C.COc1cc2c3c(c(C4CCCC4)nc2cc1OCCCN1CCCC1)CC(C)(C)N3.Cc1cc2c3c(c(-c4ccccc4)nc2cc1OCCCN1CCCC1)CCC3.Cc1cc2c3c(c(C4CC4)nc2cc1OCCCN1CCCC1)CC(C)(C)N3.Cc1cc2c3c(c(C4CC4)nc2cc1OCCCN1CCCC1)CCC(C)N3.Cc1cc2c3c(cnc2cc1OCCCN1CCCC1)CC(C)(C)N3. The van der Waals surface area contributed by atoms with Crippen molar-refractivity contribution in [2.75, 3.05) is 160 Å². The summed E-state index contributed by atoms with van der Waals surface area (Å²) in [4.78, 5) is 38.1. The van der Waals surface area contributed by atoms with Gasteiger partial charge in [-0.15, -0.1) is 0 Å². The van der Waals surface area contributed by atoms with Gasteiger partial charge in [0.25, 0.3) is 0 Å². The summed E-state index contributed by atoms with van der Waals surface area (Å²) in [5, 5.41) is 21.2. The number of likely N-dealkylation sites (tertiary alicyclic amines) is 5. The molecule has 5 saturated heterocycles. The van der Waals surface area contributed by atoms with Gasteiger partial charge in [0, 0.05) is 193 Å². The smallest absolute Gasteiger partial charge is 0.163 e. The molecule has 5 aromatic heterocycles. The van der Waals surface area contributed by atoms with Crippen LogP contribution in [-0.4, -0.2) is 210 Å². The van der Waals surface area contributed by atoms with Gasteiger partial charge in [-0.05, 0) is 403 Å². The van der Waals surface area contributed by atoms with Gasteiger partial charge >= 0.3 is 0 Å². The summed E-state index contributed by atoms with van der Waals surface area (Å²) in [7, 11) is 1.73. The molecule has 142 heavy (non-hydrogen) atoms. The van der Waals surface area contributed by atoms with Crippen LogP contribution in [0.15, 0.2) is 97.2 Å². The van der Waals surface area contributed by atoms with Crippen molar-refractivity contribution in [2.24, 2.45) is 0 Å².